The zero-order valence-electron chi connectivity index (χ0n) is 21.9. The zero-order chi connectivity index (χ0) is 26.1. The van der Waals surface area contributed by atoms with Crippen molar-refractivity contribution < 1.29 is 18.3 Å². The lowest BCUT2D eigenvalue weighted by Gasteiger charge is -2.34. The van der Waals surface area contributed by atoms with Gasteiger partial charge in [-0.3, -0.25) is 9.52 Å². The smallest absolute Gasteiger partial charge is 0.316 e. The van der Waals surface area contributed by atoms with Crippen molar-refractivity contribution in [3.63, 3.8) is 0 Å². The maximum Gasteiger partial charge on any atom is 0.316 e. The molecule has 0 radical (unpaired) electrons. The highest BCUT2D eigenvalue weighted by Crippen LogP contribution is 2.41. The molecule has 0 saturated carbocycles. The second kappa shape index (κ2) is 9.90. The second-order valence-corrected chi connectivity index (χ2v) is 11.9. The van der Waals surface area contributed by atoms with Crippen LogP contribution < -0.4 is 8.91 Å². The Morgan fingerprint density at radius 3 is 2.26 bits per heavy atom. The number of nitrogens with one attached hydrogen (secondary N) is 1. The van der Waals surface area contributed by atoms with Crippen LogP contribution in [0.5, 0.6) is 11.5 Å². The van der Waals surface area contributed by atoms with Crippen molar-refractivity contribution in [3.8, 4) is 11.5 Å². The molecule has 2 N–H and O–H groups in total. The summed E-state index contributed by atoms with van der Waals surface area (Å²) in [6.07, 6.45) is 0.915. The standard InChI is InChI=1S/C28H36N2O4S/c1-18-13-14-22(28(5,6)17-27(2,3)4)24(15-18)34-35(33)29-23-16-21(26(32)30(7)8)25(31)20-12-10-9-11-19(20)23/h9-16,29,31H,17H2,1-8H3. The van der Waals surface area contributed by atoms with E-state index in [-0.39, 0.29) is 28.1 Å². The van der Waals surface area contributed by atoms with Crippen molar-refractivity contribution in [2.75, 3.05) is 18.8 Å². The van der Waals surface area contributed by atoms with Crippen molar-refractivity contribution in [3.05, 3.63) is 65.2 Å². The first-order chi connectivity index (χ1) is 16.2. The molecule has 0 aliphatic heterocycles. The molecule has 1 unspecified atom stereocenters. The largest absolute Gasteiger partial charge is 0.506 e. The van der Waals surface area contributed by atoms with Crippen LogP contribution in [0.25, 0.3) is 10.8 Å². The summed E-state index contributed by atoms with van der Waals surface area (Å²) in [5.74, 6) is 0.0899. The van der Waals surface area contributed by atoms with Gasteiger partial charge in [-0.05, 0) is 41.9 Å². The van der Waals surface area contributed by atoms with Crippen molar-refractivity contribution in [2.24, 2.45) is 5.41 Å². The molecule has 7 heteroatoms. The maximum atomic E-state index is 13.2. The lowest BCUT2D eigenvalue weighted by atomic mass is 9.72. The molecule has 1 atom stereocenters. The molecule has 0 aliphatic rings. The van der Waals surface area contributed by atoms with Crippen LogP contribution in [0.15, 0.2) is 48.5 Å². The van der Waals surface area contributed by atoms with E-state index >= 15 is 0 Å². The van der Waals surface area contributed by atoms with Gasteiger partial charge in [0.25, 0.3) is 5.91 Å². The van der Waals surface area contributed by atoms with Gasteiger partial charge in [0.15, 0.2) is 0 Å². The molecule has 3 aromatic rings. The third kappa shape index (κ3) is 6.14. The number of hydrogen-bond donors (Lipinski definition) is 2. The van der Waals surface area contributed by atoms with Gasteiger partial charge < -0.3 is 14.2 Å². The zero-order valence-corrected chi connectivity index (χ0v) is 22.7. The Hall–Kier alpha value is -3.06. The number of anilines is 1. The molecule has 35 heavy (non-hydrogen) atoms. The number of nitrogens with zero attached hydrogens (tertiary/aromatic N) is 1. The molecule has 0 saturated heterocycles. The summed E-state index contributed by atoms with van der Waals surface area (Å²) in [4.78, 5) is 14.1. The predicted octanol–water partition coefficient (Wildman–Crippen LogP) is 6.34. The Labute approximate surface area is 211 Å². The Balaban J connectivity index is 1.99. The third-order valence-electron chi connectivity index (χ3n) is 5.85. The first-order valence-corrected chi connectivity index (χ1v) is 12.7. The molecular formula is C28H36N2O4S. The second-order valence-electron chi connectivity index (χ2n) is 11.1. The van der Waals surface area contributed by atoms with Crippen LogP contribution in [-0.4, -0.2) is 34.2 Å². The van der Waals surface area contributed by atoms with Gasteiger partial charge in [-0.25, -0.2) is 0 Å². The molecule has 0 aromatic heterocycles. The fourth-order valence-electron chi connectivity index (χ4n) is 4.72. The minimum Gasteiger partial charge on any atom is -0.506 e. The Kier molecular flexibility index (Phi) is 7.50. The molecule has 188 valence electrons. The van der Waals surface area contributed by atoms with Crippen molar-refractivity contribution in [1.82, 2.24) is 4.90 Å². The number of aromatic hydroxyl groups is 1. The fraction of sp³-hybridized carbons (Fsp3) is 0.393. The Morgan fingerprint density at radius 1 is 1.03 bits per heavy atom. The highest BCUT2D eigenvalue weighted by molar-refractivity contribution is 7.82. The van der Waals surface area contributed by atoms with Crippen LogP contribution in [0.2, 0.25) is 0 Å². The normalized spacial score (nSPS) is 12.9. The summed E-state index contributed by atoms with van der Waals surface area (Å²) in [6.45, 7) is 12.9. The number of aryl methyl sites for hydroxylation is 1. The number of rotatable bonds is 7. The molecule has 1 amide bonds. The molecule has 3 aromatic carbocycles. The van der Waals surface area contributed by atoms with E-state index in [1.54, 1.807) is 32.3 Å². The van der Waals surface area contributed by atoms with E-state index in [1.807, 2.05) is 31.2 Å². The van der Waals surface area contributed by atoms with Crippen molar-refractivity contribution in [1.29, 1.82) is 0 Å². The molecule has 0 heterocycles. The molecule has 0 aliphatic carbocycles. The molecule has 0 spiro atoms. The first-order valence-electron chi connectivity index (χ1n) is 11.6. The van der Waals surface area contributed by atoms with Crippen LogP contribution in [0, 0.1) is 12.3 Å². The van der Waals surface area contributed by atoms with Gasteiger partial charge in [0.2, 0.25) is 0 Å². The van der Waals surface area contributed by atoms with Crippen LogP contribution in [0.4, 0.5) is 5.69 Å². The van der Waals surface area contributed by atoms with E-state index in [2.05, 4.69) is 39.3 Å². The van der Waals surface area contributed by atoms with Crippen molar-refractivity contribution >= 4 is 33.6 Å². The first kappa shape index (κ1) is 26.5. The van der Waals surface area contributed by atoms with Crippen LogP contribution in [0.3, 0.4) is 0 Å². The van der Waals surface area contributed by atoms with Gasteiger partial charge in [-0.2, -0.15) is 4.21 Å². The number of fused-ring (bicyclic) bond motifs is 1. The summed E-state index contributed by atoms with van der Waals surface area (Å²) >= 11 is -1.95. The van der Waals surface area contributed by atoms with Gasteiger partial charge in [-0.15, -0.1) is 0 Å². The number of phenols is 1. The molecule has 6 nitrogen and oxygen atoms in total. The summed E-state index contributed by atoms with van der Waals surface area (Å²) in [5.41, 5.74) is 2.43. The minimum absolute atomic E-state index is 0.101. The highest BCUT2D eigenvalue weighted by atomic mass is 32.2. The lowest BCUT2D eigenvalue weighted by molar-refractivity contribution is 0.0825. The summed E-state index contributed by atoms with van der Waals surface area (Å²) in [6, 6.07) is 14.6. The number of phenolic OH excluding ortho intramolecular Hbond substituents is 1. The van der Waals surface area contributed by atoms with Crippen LogP contribution in [-0.2, 0) is 16.7 Å². The van der Waals surface area contributed by atoms with Crippen LogP contribution in [0.1, 0.15) is 62.5 Å². The molecule has 0 fully saturated rings. The predicted molar refractivity (Wildman–Crippen MR) is 144 cm³/mol. The Morgan fingerprint density at radius 2 is 1.66 bits per heavy atom. The van der Waals surface area contributed by atoms with E-state index in [0.29, 0.717) is 22.2 Å². The number of benzene rings is 3. The molecular weight excluding hydrogens is 460 g/mol. The monoisotopic (exact) mass is 496 g/mol. The minimum atomic E-state index is -1.95. The van der Waals surface area contributed by atoms with Gasteiger partial charge in [0, 0.05) is 30.4 Å². The van der Waals surface area contributed by atoms with E-state index in [1.165, 1.54) is 11.0 Å². The number of carbonyl (C=O) groups excluding carboxylic acids is 1. The lowest BCUT2D eigenvalue weighted by Crippen LogP contribution is -2.26. The van der Waals surface area contributed by atoms with E-state index in [0.717, 1.165) is 17.5 Å². The van der Waals surface area contributed by atoms with Gasteiger partial charge in [-0.1, -0.05) is 71.0 Å². The van der Waals surface area contributed by atoms with E-state index < -0.39 is 11.3 Å². The van der Waals surface area contributed by atoms with Gasteiger partial charge in [0.1, 0.15) is 11.5 Å². The number of amides is 1. The summed E-state index contributed by atoms with van der Waals surface area (Å²) in [7, 11) is 3.23. The summed E-state index contributed by atoms with van der Waals surface area (Å²) in [5, 5.41) is 11.9. The number of carbonyl (C=O) groups is 1. The van der Waals surface area contributed by atoms with E-state index in [9.17, 15) is 14.1 Å². The quantitative estimate of drug-likeness (QED) is 0.374. The SMILES string of the molecule is Cc1ccc(C(C)(C)CC(C)(C)C)c(OS(=O)Nc2cc(C(=O)N(C)C)c(O)c3ccccc23)c1. The average molecular weight is 497 g/mol. The number of hydrogen-bond acceptors (Lipinski definition) is 4. The summed E-state index contributed by atoms with van der Waals surface area (Å²) < 4.78 is 22.1. The van der Waals surface area contributed by atoms with E-state index in [4.69, 9.17) is 4.18 Å². The van der Waals surface area contributed by atoms with Crippen molar-refractivity contribution in [2.45, 2.75) is 53.4 Å². The van der Waals surface area contributed by atoms with Gasteiger partial charge in [0.05, 0.1) is 11.3 Å². The maximum absolute atomic E-state index is 13.2. The third-order valence-corrected chi connectivity index (χ3v) is 6.57. The van der Waals surface area contributed by atoms with Crippen LogP contribution >= 0.6 is 0 Å². The average Bonchev–Trinajstić information content (AvgIpc) is 2.73. The molecule has 0 bridgehead atoms. The fourth-order valence-corrected chi connectivity index (χ4v) is 5.41. The highest BCUT2D eigenvalue weighted by Gasteiger charge is 2.30. The Bertz CT molecular complexity index is 1280. The van der Waals surface area contributed by atoms with Gasteiger partial charge >= 0.3 is 11.3 Å². The topological polar surface area (TPSA) is 78.9 Å². The molecule has 3 rings (SSSR count).